The van der Waals surface area contributed by atoms with E-state index in [1.807, 2.05) is 11.8 Å². The van der Waals surface area contributed by atoms with Gasteiger partial charge in [-0.3, -0.25) is 4.90 Å². The maximum atomic E-state index is 5.30. The molecule has 2 aliphatic rings. The smallest absolute Gasteiger partial charge is 0.137 e. The van der Waals surface area contributed by atoms with Crippen LogP contribution in [0.1, 0.15) is 25.7 Å². The SMILES string of the molecule is S=C1SCCN1CN1CCCCCC1. The summed E-state index contributed by atoms with van der Waals surface area (Å²) in [6, 6.07) is 0. The van der Waals surface area contributed by atoms with Gasteiger partial charge in [0.05, 0.1) is 6.67 Å². The van der Waals surface area contributed by atoms with Crippen LogP contribution in [0.2, 0.25) is 0 Å². The van der Waals surface area contributed by atoms with E-state index in [2.05, 4.69) is 9.80 Å². The topological polar surface area (TPSA) is 6.48 Å². The van der Waals surface area contributed by atoms with Crippen molar-refractivity contribution in [3.8, 4) is 0 Å². The third-order valence-electron chi connectivity index (χ3n) is 2.91. The first-order chi connectivity index (χ1) is 6.86. The minimum Gasteiger partial charge on any atom is -0.344 e. The van der Waals surface area contributed by atoms with E-state index in [1.165, 1.54) is 44.5 Å². The van der Waals surface area contributed by atoms with Crippen molar-refractivity contribution in [3.63, 3.8) is 0 Å². The molecule has 0 spiro atoms. The van der Waals surface area contributed by atoms with Crippen LogP contribution in [0.15, 0.2) is 0 Å². The van der Waals surface area contributed by atoms with E-state index < -0.39 is 0 Å². The fourth-order valence-electron chi connectivity index (χ4n) is 2.07. The van der Waals surface area contributed by atoms with E-state index >= 15 is 0 Å². The fourth-order valence-corrected chi connectivity index (χ4v) is 3.29. The van der Waals surface area contributed by atoms with Crippen molar-refractivity contribution < 1.29 is 0 Å². The molecule has 0 amide bonds. The molecule has 0 atom stereocenters. The van der Waals surface area contributed by atoms with Gasteiger partial charge in [0.25, 0.3) is 0 Å². The van der Waals surface area contributed by atoms with Crippen molar-refractivity contribution >= 4 is 28.3 Å². The lowest BCUT2D eigenvalue weighted by molar-refractivity contribution is 0.203. The first kappa shape index (κ1) is 10.7. The van der Waals surface area contributed by atoms with Crippen molar-refractivity contribution in [2.24, 2.45) is 0 Å². The quantitative estimate of drug-likeness (QED) is 0.670. The lowest BCUT2D eigenvalue weighted by Crippen LogP contribution is -2.38. The number of hydrogen-bond donors (Lipinski definition) is 0. The normalized spacial score (nSPS) is 25.4. The first-order valence-corrected chi connectivity index (χ1v) is 6.90. The highest BCUT2D eigenvalue weighted by atomic mass is 32.2. The van der Waals surface area contributed by atoms with Crippen LogP contribution < -0.4 is 0 Å². The summed E-state index contributed by atoms with van der Waals surface area (Å²) < 4.78 is 1.11. The molecule has 2 fully saturated rings. The maximum absolute atomic E-state index is 5.30. The highest BCUT2D eigenvalue weighted by molar-refractivity contribution is 8.23. The number of likely N-dealkylation sites (tertiary alicyclic amines) is 1. The second kappa shape index (κ2) is 5.33. The van der Waals surface area contributed by atoms with Gasteiger partial charge in [-0.05, 0) is 25.9 Å². The van der Waals surface area contributed by atoms with Gasteiger partial charge in [-0.15, -0.1) is 0 Å². The third-order valence-corrected chi connectivity index (χ3v) is 4.42. The largest absolute Gasteiger partial charge is 0.344 e. The van der Waals surface area contributed by atoms with E-state index in [0.29, 0.717) is 0 Å². The van der Waals surface area contributed by atoms with Gasteiger partial charge in [0.15, 0.2) is 0 Å². The van der Waals surface area contributed by atoms with E-state index in [9.17, 15) is 0 Å². The summed E-state index contributed by atoms with van der Waals surface area (Å²) in [5.74, 6) is 1.19. The van der Waals surface area contributed by atoms with E-state index in [0.717, 1.165) is 17.5 Å². The van der Waals surface area contributed by atoms with Crippen LogP contribution in [-0.4, -0.2) is 46.2 Å². The van der Waals surface area contributed by atoms with Crippen molar-refractivity contribution in [1.29, 1.82) is 0 Å². The van der Waals surface area contributed by atoms with Crippen LogP contribution in [0, 0.1) is 0 Å². The fraction of sp³-hybridized carbons (Fsp3) is 0.900. The van der Waals surface area contributed by atoms with Crippen LogP contribution in [0.5, 0.6) is 0 Å². The highest BCUT2D eigenvalue weighted by Crippen LogP contribution is 2.19. The molecule has 0 aliphatic carbocycles. The molecule has 2 saturated heterocycles. The van der Waals surface area contributed by atoms with Gasteiger partial charge in [0.1, 0.15) is 4.32 Å². The molecule has 0 radical (unpaired) electrons. The van der Waals surface area contributed by atoms with Gasteiger partial charge in [0, 0.05) is 12.3 Å². The summed E-state index contributed by atoms with van der Waals surface area (Å²) >= 11 is 7.13. The zero-order valence-corrected chi connectivity index (χ0v) is 10.2. The minimum absolute atomic E-state index is 1.08. The van der Waals surface area contributed by atoms with Gasteiger partial charge >= 0.3 is 0 Å². The molecule has 80 valence electrons. The van der Waals surface area contributed by atoms with E-state index in [-0.39, 0.29) is 0 Å². The Morgan fingerprint density at radius 1 is 1.07 bits per heavy atom. The molecule has 0 unspecified atom stereocenters. The number of hydrogen-bond acceptors (Lipinski definition) is 3. The second-order valence-electron chi connectivity index (χ2n) is 4.05. The summed E-state index contributed by atoms with van der Waals surface area (Å²) in [5, 5.41) is 0. The first-order valence-electron chi connectivity index (χ1n) is 5.50. The molecule has 2 aliphatic heterocycles. The average molecular weight is 230 g/mol. The predicted octanol–water partition coefficient (Wildman–Crippen LogP) is 2.15. The summed E-state index contributed by atoms with van der Waals surface area (Å²) in [5.41, 5.74) is 0. The average Bonchev–Trinajstić information content (AvgIpc) is 2.44. The Morgan fingerprint density at radius 3 is 2.36 bits per heavy atom. The molecule has 2 nitrogen and oxygen atoms in total. The zero-order valence-electron chi connectivity index (χ0n) is 8.57. The van der Waals surface area contributed by atoms with Crippen LogP contribution in [0.4, 0.5) is 0 Å². The molecule has 0 aromatic heterocycles. The third kappa shape index (κ3) is 2.84. The Kier molecular flexibility index (Phi) is 4.08. The number of nitrogens with zero attached hydrogens (tertiary/aromatic N) is 2. The molecule has 14 heavy (non-hydrogen) atoms. The van der Waals surface area contributed by atoms with Gasteiger partial charge in [-0.2, -0.15) is 0 Å². The number of thiocarbonyl (C=S) groups is 1. The molecular weight excluding hydrogens is 212 g/mol. The summed E-state index contributed by atoms with van der Waals surface area (Å²) in [7, 11) is 0. The lowest BCUT2D eigenvalue weighted by Gasteiger charge is -2.26. The monoisotopic (exact) mass is 230 g/mol. The molecule has 0 aromatic rings. The van der Waals surface area contributed by atoms with Crippen LogP contribution >= 0.6 is 24.0 Å². The summed E-state index contributed by atoms with van der Waals surface area (Å²) in [6.45, 7) is 4.76. The zero-order chi connectivity index (χ0) is 9.80. The minimum atomic E-state index is 1.08. The number of rotatable bonds is 2. The van der Waals surface area contributed by atoms with Crippen LogP contribution in [0.25, 0.3) is 0 Å². The molecule has 0 aromatic carbocycles. The summed E-state index contributed by atoms with van der Waals surface area (Å²) in [6.07, 6.45) is 5.56. The molecule has 4 heteroatoms. The molecular formula is C10H18N2S2. The molecule has 2 rings (SSSR count). The van der Waals surface area contributed by atoms with Gasteiger partial charge in [-0.1, -0.05) is 36.8 Å². The lowest BCUT2D eigenvalue weighted by atomic mass is 10.2. The van der Waals surface area contributed by atoms with Crippen LogP contribution in [0.3, 0.4) is 0 Å². The molecule has 0 N–H and O–H groups in total. The van der Waals surface area contributed by atoms with Crippen molar-refractivity contribution in [2.75, 3.05) is 32.1 Å². The Morgan fingerprint density at radius 2 is 1.79 bits per heavy atom. The Balaban J connectivity index is 1.80. The maximum Gasteiger partial charge on any atom is 0.137 e. The van der Waals surface area contributed by atoms with Crippen molar-refractivity contribution in [3.05, 3.63) is 0 Å². The second-order valence-corrected chi connectivity index (χ2v) is 5.78. The van der Waals surface area contributed by atoms with Crippen molar-refractivity contribution in [2.45, 2.75) is 25.7 Å². The van der Waals surface area contributed by atoms with E-state index in [1.54, 1.807) is 0 Å². The Hall–Kier alpha value is 0.200. The van der Waals surface area contributed by atoms with Crippen molar-refractivity contribution in [1.82, 2.24) is 9.80 Å². The van der Waals surface area contributed by atoms with Gasteiger partial charge in [-0.25, -0.2) is 0 Å². The molecule has 2 heterocycles. The molecule has 0 bridgehead atoms. The Bertz CT molecular complexity index is 200. The highest BCUT2D eigenvalue weighted by Gasteiger charge is 2.20. The predicted molar refractivity (Wildman–Crippen MR) is 66.7 cm³/mol. The standard InChI is InChI=1S/C10H18N2S2/c13-10-12(7-8-14-10)9-11-5-3-1-2-4-6-11/h1-9H2. The molecule has 0 saturated carbocycles. The number of thioether (sulfide) groups is 1. The summed E-state index contributed by atoms with van der Waals surface area (Å²) in [4.78, 5) is 4.91. The van der Waals surface area contributed by atoms with Crippen LogP contribution in [-0.2, 0) is 0 Å². The van der Waals surface area contributed by atoms with Gasteiger partial charge in [0.2, 0.25) is 0 Å². The van der Waals surface area contributed by atoms with E-state index in [4.69, 9.17) is 12.2 Å². The Labute approximate surface area is 96.0 Å². The van der Waals surface area contributed by atoms with Gasteiger partial charge < -0.3 is 4.90 Å².